The zero-order valence-corrected chi connectivity index (χ0v) is 10.1. The second-order valence-electron chi connectivity index (χ2n) is 3.82. The first-order chi connectivity index (χ1) is 8.79. The minimum absolute atomic E-state index is 0.516. The van der Waals surface area contributed by atoms with E-state index < -0.39 is 0 Å². The fourth-order valence-electron chi connectivity index (χ4n) is 1.48. The Morgan fingerprint density at radius 3 is 2.78 bits per heavy atom. The lowest BCUT2D eigenvalue weighted by molar-refractivity contribution is 0.962. The number of hydrogen-bond acceptors (Lipinski definition) is 3. The molecule has 0 saturated carbocycles. The first kappa shape index (κ1) is 12.1. The molecular weight excluding hydrogens is 228 g/mol. The molecule has 18 heavy (non-hydrogen) atoms. The molecule has 0 spiro atoms. The van der Waals surface area contributed by atoms with Gasteiger partial charge in [-0.25, -0.2) is 10.8 Å². The van der Waals surface area contributed by atoms with Crippen molar-refractivity contribution in [2.75, 3.05) is 5.32 Å². The third-order valence-corrected chi connectivity index (χ3v) is 2.52. The Morgan fingerprint density at radius 2 is 2.17 bits per heavy atom. The molecule has 6 nitrogen and oxygen atoms in total. The van der Waals surface area contributed by atoms with E-state index in [4.69, 9.17) is 5.84 Å². The van der Waals surface area contributed by atoms with Crippen LogP contribution < -0.4 is 16.6 Å². The zero-order valence-electron chi connectivity index (χ0n) is 10.1. The van der Waals surface area contributed by atoms with Crippen LogP contribution in [-0.2, 0) is 6.54 Å². The maximum absolute atomic E-state index is 5.43. The molecule has 0 amide bonds. The monoisotopic (exact) mass is 244 g/mol. The minimum atomic E-state index is 0.516. The molecule has 2 rings (SSSR count). The van der Waals surface area contributed by atoms with Crippen molar-refractivity contribution in [3.05, 3.63) is 47.8 Å². The summed E-state index contributed by atoms with van der Waals surface area (Å²) in [5.74, 6) is 5.95. The van der Waals surface area contributed by atoms with Crippen molar-refractivity contribution in [3.8, 4) is 0 Å². The van der Waals surface area contributed by atoms with Crippen molar-refractivity contribution in [1.29, 1.82) is 0 Å². The van der Waals surface area contributed by atoms with Crippen LogP contribution in [0.5, 0.6) is 0 Å². The number of rotatable bonds is 3. The number of nitrogens with two attached hydrogens (primary N) is 1. The molecule has 0 radical (unpaired) electrons. The van der Waals surface area contributed by atoms with E-state index in [1.165, 1.54) is 0 Å². The summed E-state index contributed by atoms with van der Waals surface area (Å²) in [6, 6.07) is 9.71. The highest BCUT2D eigenvalue weighted by atomic mass is 15.3. The number of nitrogens with one attached hydrogen (secondary N) is 3. The fraction of sp³-hybridized carbons (Fsp3) is 0.167. The Hall–Kier alpha value is -2.34. The summed E-state index contributed by atoms with van der Waals surface area (Å²) in [6.45, 7) is 2.47. The molecule has 1 heterocycles. The lowest BCUT2D eigenvalue weighted by Crippen LogP contribution is -2.36. The van der Waals surface area contributed by atoms with Crippen LogP contribution in [-0.4, -0.2) is 16.2 Å². The average molecular weight is 244 g/mol. The number of H-pyrrole nitrogens is 1. The summed E-state index contributed by atoms with van der Waals surface area (Å²) in [6.07, 6.45) is 1.76. The highest BCUT2D eigenvalue weighted by molar-refractivity contribution is 5.93. The summed E-state index contributed by atoms with van der Waals surface area (Å²) in [7, 11) is 0. The molecule has 0 atom stereocenters. The third-order valence-electron chi connectivity index (χ3n) is 2.52. The molecule has 2 aromatic rings. The van der Waals surface area contributed by atoms with Gasteiger partial charge in [-0.15, -0.1) is 0 Å². The van der Waals surface area contributed by atoms with Crippen LogP contribution in [0.3, 0.4) is 0 Å². The predicted octanol–water partition coefficient (Wildman–Crippen LogP) is 1.15. The van der Waals surface area contributed by atoms with Gasteiger partial charge in [0.05, 0.1) is 12.7 Å². The summed E-state index contributed by atoms with van der Waals surface area (Å²) in [4.78, 5) is 4.35. The van der Waals surface area contributed by atoms with Gasteiger partial charge in [0, 0.05) is 16.9 Å². The molecule has 0 aliphatic rings. The van der Waals surface area contributed by atoms with Gasteiger partial charge in [-0.2, -0.15) is 5.10 Å². The predicted molar refractivity (Wildman–Crippen MR) is 71.9 cm³/mol. The van der Waals surface area contributed by atoms with Gasteiger partial charge >= 0.3 is 0 Å². The molecule has 0 bridgehead atoms. The largest absolute Gasteiger partial charge is 0.325 e. The molecular formula is C12H16N6. The van der Waals surface area contributed by atoms with Gasteiger partial charge in [-0.1, -0.05) is 18.2 Å². The van der Waals surface area contributed by atoms with Crippen molar-refractivity contribution in [2.24, 2.45) is 10.8 Å². The van der Waals surface area contributed by atoms with Gasteiger partial charge in [-0.05, 0) is 19.1 Å². The number of anilines is 1. The fourth-order valence-corrected chi connectivity index (χ4v) is 1.48. The first-order valence-corrected chi connectivity index (χ1v) is 5.61. The van der Waals surface area contributed by atoms with Crippen molar-refractivity contribution >= 4 is 11.6 Å². The van der Waals surface area contributed by atoms with Crippen molar-refractivity contribution in [2.45, 2.75) is 13.5 Å². The lowest BCUT2D eigenvalue weighted by atomic mass is 10.3. The first-order valence-electron chi connectivity index (χ1n) is 5.61. The van der Waals surface area contributed by atoms with Gasteiger partial charge in [-0.3, -0.25) is 10.5 Å². The Labute approximate surface area is 105 Å². The molecule has 0 unspecified atom stereocenters. The average Bonchev–Trinajstić information content (AvgIpc) is 2.81. The molecule has 6 heteroatoms. The number of hydrazine groups is 1. The summed E-state index contributed by atoms with van der Waals surface area (Å²) < 4.78 is 0. The van der Waals surface area contributed by atoms with E-state index in [0.29, 0.717) is 12.5 Å². The van der Waals surface area contributed by atoms with Crippen LogP contribution in [0, 0.1) is 6.92 Å². The number of aryl methyl sites for hydroxylation is 1. The standard InChI is InChI=1S/C12H16N6/c1-9-10(8-15-18-9)7-14-12(17-13)16-11-5-3-2-4-6-11/h2-6,8H,7,13H2,1H3,(H,15,18)(H2,14,16,17). The highest BCUT2D eigenvalue weighted by Gasteiger charge is 2.01. The number of para-hydroxylation sites is 1. The van der Waals surface area contributed by atoms with Crippen molar-refractivity contribution < 1.29 is 0 Å². The van der Waals surface area contributed by atoms with Crippen LogP contribution in [0.2, 0.25) is 0 Å². The van der Waals surface area contributed by atoms with E-state index in [-0.39, 0.29) is 0 Å². The van der Waals surface area contributed by atoms with E-state index in [1.54, 1.807) is 6.20 Å². The van der Waals surface area contributed by atoms with Crippen LogP contribution in [0.4, 0.5) is 5.69 Å². The Morgan fingerprint density at radius 1 is 1.39 bits per heavy atom. The topological polar surface area (TPSA) is 91.1 Å². The maximum Gasteiger partial charge on any atom is 0.210 e. The molecule has 0 aliphatic carbocycles. The SMILES string of the molecule is Cc1[nH]ncc1CN=C(NN)Nc1ccccc1. The summed E-state index contributed by atoms with van der Waals surface area (Å²) in [5, 5.41) is 9.91. The van der Waals surface area contributed by atoms with Crippen LogP contribution in [0.25, 0.3) is 0 Å². The third kappa shape index (κ3) is 3.08. The second-order valence-corrected chi connectivity index (χ2v) is 3.82. The zero-order chi connectivity index (χ0) is 12.8. The maximum atomic E-state index is 5.43. The van der Waals surface area contributed by atoms with Crippen LogP contribution in [0.1, 0.15) is 11.3 Å². The lowest BCUT2D eigenvalue weighted by Gasteiger charge is -2.08. The number of nitrogens with zero attached hydrogens (tertiary/aromatic N) is 2. The number of benzene rings is 1. The molecule has 5 N–H and O–H groups in total. The Bertz CT molecular complexity index is 516. The molecule has 0 saturated heterocycles. The quantitative estimate of drug-likeness (QED) is 0.282. The molecule has 0 fully saturated rings. The van der Waals surface area contributed by atoms with Gasteiger partial charge in [0.25, 0.3) is 0 Å². The van der Waals surface area contributed by atoms with Crippen molar-refractivity contribution in [1.82, 2.24) is 15.6 Å². The van der Waals surface area contributed by atoms with E-state index in [1.807, 2.05) is 37.3 Å². The van der Waals surface area contributed by atoms with E-state index in [0.717, 1.165) is 16.9 Å². The molecule has 1 aromatic heterocycles. The molecule has 0 aliphatic heterocycles. The number of aliphatic imine (C=N–C) groups is 1. The summed E-state index contributed by atoms with van der Waals surface area (Å²) >= 11 is 0. The number of aromatic amines is 1. The Balaban J connectivity index is 2.03. The van der Waals surface area contributed by atoms with E-state index in [2.05, 4.69) is 25.9 Å². The second kappa shape index (κ2) is 5.83. The number of guanidine groups is 1. The summed E-state index contributed by atoms with van der Waals surface area (Å²) in [5.41, 5.74) is 5.52. The number of aromatic nitrogens is 2. The Kier molecular flexibility index (Phi) is 3.93. The van der Waals surface area contributed by atoms with Crippen LogP contribution >= 0.6 is 0 Å². The van der Waals surface area contributed by atoms with Crippen molar-refractivity contribution in [3.63, 3.8) is 0 Å². The van der Waals surface area contributed by atoms with Gasteiger partial charge in [0.1, 0.15) is 0 Å². The smallest absolute Gasteiger partial charge is 0.210 e. The van der Waals surface area contributed by atoms with Crippen LogP contribution in [0.15, 0.2) is 41.5 Å². The highest BCUT2D eigenvalue weighted by Crippen LogP contribution is 2.06. The van der Waals surface area contributed by atoms with E-state index in [9.17, 15) is 0 Å². The van der Waals surface area contributed by atoms with Gasteiger partial charge in [0.15, 0.2) is 0 Å². The molecule has 94 valence electrons. The van der Waals surface area contributed by atoms with Gasteiger partial charge < -0.3 is 5.32 Å². The number of hydrogen-bond donors (Lipinski definition) is 4. The molecule has 1 aromatic carbocycles. The minimum Gasteiger partial charge on any atom is -0.325 e. The van der Waals surface area contributed by atoms with E-state index >= 15 is 0 Å². The van der Waals surface area contributed by atoms with Gasteiger partial charge in [0.2, 0.25) is 5.96 Å². The normalized spacial score (nSPS) is 11.3.